The largest absolute Gasteiger partial charge is 0.311 e. The molecular weight excluding hydrogens is 227 g/mol. The maximum absolute atomic E-state index is 13.7. The Hall–Kier alpha value is -1.74. The molecule has 1 heterocycles. The summed E-state index contributed by atoms with van der Waals surface area (Å²) in [5.41, 5.74) is 2.87. The van der Waals surface area contributed by atoms with Gasteiger partial charge in [-0.05, 0) is 38.1 Å². The summed E-state index contributed by atoms with van der Waals surface area (Å²) in [6, 6.07) is 11.2. The number of hydrogen-bond donors (Lipinski definition) is 1. The molecule has 18 heavy (non-hydrogen) atoms. The number of aromatic nitrogens is 1. The first-order chi connectivity index (χ1) is 8.70. The van der Waals surface area contributed by atoms with Crippen molar-refractivity contribution in [2.75, 3.05) is 7.05 Å². The number of pyridine rings is 1. The van der Waals surface area contributed by atoms with E-state index in [1.165, 1.54) is 17.2 Å². The van der Waals surface area contributed by atoms with Crippen molar-refractivity contribution < 1.29 is 4.39 Å². The van der Waals surface area contributed by atoms with E-state index in [0.717, 1.165) is 6.42 Å². The van der Waals surface area contributed by atoms with Gasteiger partial charge in [-0.15, -0.1) is 0 Å². The molecule has 1 N–H and O–H groups in total. The van der Waals surface area contributed by atoms with Crippen LogP contribution < -0.4 is 5.32 Å². The van der Waals surface area contributed by atoms with Crippen LogP contribution in [-0.2, 0) is 6.42 Å². The molecule has 0 amide bonds. The van der Waals surface area contributed by atoms with Gasteiger partial charge in [-0.3, -0.25) is 4.98 Å². The van der Waals surface area contributed by atoms with Gasteiger partial charge in [0.15, 0.2) is 0 Å². The molecule has 2 aromatic rings. The molecule has 2 nitrogen and oxygen atoms in total. The SMILES string of the molecule is CNC(Cc1cccc(C)c1)c1ncccc1F. The Labute approximate surface area is 107 Å². The second-order valence-corrected chi connectivity index (χ2v) is 4.40. The zero-order chi connectivity index (χ0) is 13.0. The fourth-order valence-corrected chi connectivity index (χ4v) is 2.06. The summed E-state index contributed by atoms with van der Waals surface area (Å²) >= 11 is 0. The van der Waals surface area contributed by atoms with Gasteiger partial charge in [-0.1, -0.05) is 29.8 Å². The maximum atomic E-state index is 13.7. The van der Waals surface area contributed by atoms with Crippen LogP contribution in [0.25, 0.3) is 0 Å². The lowest BCUT2D eigenvalue weighted by atomic mass is 10.0. The topological polar surface area (TPSA) is 24.9 Å². The molecule has 1 atom stereocenters. The van der Waals surface area contributed by atoms with E-state index in [4.69, 9.17) is 0 Å². The lowest BCUT2D eigenvalue weighted by Crippen LogP contribution is -2.21. The zero-order valence-corrected chi connectivity index (χ0v) is 10.7. The number of rotatable bonds is 4. The predicted octanol–water partition coefficient (Wildman–Crippen LogP) is 3.03. The van der Waals surface area contributed by atoms with E-state index >= 15 is 0 Å². The molecule has 0 aliphatic heterocycles. The van der Waals surface area contributed by atoms with Gasteiger partial charge in [-0.2, -0.15) is 0 Å². The van der Waals surface area contributed by atoms with Crippen molar-refractivity contribution in [2.45, 2.75) is 19.4 Å². The monoisotopic (exact) mass is 244 g/mol. The second kappa shape index (κ2) is 5.74. The highest BCUT2D eigenvalue weighted by atomic mass is 19.1. The van der Waals surface area contributed by atoms with E-state index in [-0.39, 0.29) is 11.9 Å². The molecular formula is C15H17FN2. The number of likely N-dealkylation sites (N-methyl/N-ethyl adjacent to an activating group) is 1. The van der Waals surface area contributed by atoms with Crippen LogP contribution >= 0.6 is 0 Å². The van der Waals surface area contributed by atoms with Crippen LogP contribution in [-0.4, -0.2) is 12.0 Å². The van der Waals surface area contributed by atoms with Gasteiger partial charge in [0.1, 0.15) is 5.82 Å². The van der Waals surface area contributed by atoms with E-state index in [9.17, 15) is 4.39 Å². The summed E-state index contributed by atoms with van der Waals surface area (Å²) in [6.45, 7) is 2.05. The molecule has 1 aromatic carbocycles. The van der Waals surface area contributed by atoms with Crippen LogP contribution in [0.2, 0.25) is 0 Å². The molecule has 3 heteroatoms. The van der Waals surface area contributed by atoms with Crippen LogP contribution in [0.5, 0.6) is 0 Å². The molecule has 94 valence electrons. The Balaban J connectivity index is 2.23. The quantitative estimate of drug-likeness (QED) is 0.894. The summed E-state index contributed by atoms with van der Waals surface area (Å²) in [6.07, 6.45) is 2.35. The maximum Gasteiger partial charge on any atom is 0.146 e. The first-order valence-corrected chi connectivity index (χ1v) is 6.04. The van der Waals surface area contributed by atoms with Crippen LogP contribution in [0.4, 0.5) is 4.39 Å². The van der Waals surface area contributed by atoms with E-state index in [0.29, 0.717) is 5.69 Å². The fourth-order valence-electron chi connectivity index (χ4n) is 2.06. The van der Waals surface area contributed by atoms with Gasteiger partial charge in [-0.25, -0.2) is 4.39 Å². The first kappa shape index (κ1) is 12.7. The Morgan fingerprint density at radius 3 is 2.78 bits per heavy atom. The molecule has 1 unspecified atom stereocenters. The highest BCUT2D eigenvalue weighted by Crippen LogP contribution is 2.19. The van der Waals surface area contributed by atoms with Crippen molar-refractivity contribution in [1.82, 2.24) is 10.3 Å². The van der Waals surface area contributed by atoms with Crippen molar-refractivity contribution in [3.05, 3.63) is 65.2 Å². The zero-order valence-electron chi connectivity index (χ0n) is 10.7. The van der Waals surface area contributed by atoms with E-state index in [2.05, 4.69) is 35.4 Å². The van der Waals surface area contributed by atoms with Gasteiger partial charge in [0.05, 0.1) is 11.7 Å². The lowest BCUT2D eigenvalue weighted by molar-refractivity contribution is 0.517. The number of aryl methyl sites for hydroxylation is 1. The Bertz CT molecular complexity index is 525. The highest BCUT2D eigenvalue weighted by Gasteiger charge is 2.15. The van der Waals surface area contributed by atoms with Crippen LogP contribution in [0.3, 0.4) is 0 Å². The van der Waals surface area contributed by atoms with Gasteiger partial charge in [0, 0.05) is 6.20 Å². The van der Waals surface area contributed by atoms with E-state index in [1.807, 2.05) is 13.1 Å². The highest BCUT2D eigenvalue weighted by molar-refractivity contribution is 5.24. The van der Waals surface area contributed by atoms with E-state index in [1.54, 1.807) is 12.3 Å². The third-order valence-electron chi connectivity index (χ3n) is 2.99. The molecule has 0 spiro atoms. The van der Waals surface area contributed by atoms with Crippen molar-refractivity contribution in [1.29, 1.82) is 0 Å². The average molecular weight is 244 g/mol. The van der Waals surface area contributed by atoms with Crippen molar-refractivity contribution in [2.24, 2.45) is 0 Å². The summed E-state index contributed by atoms with van der Waals surface area (Å²) in [7, 11) is 1.83. The molecule has 0 aliphatic carbocycles. The number of halogens is 1. The first-order valence-electron chi connectivity index (χ1n) is 6.04. The molecule has 0 aliphatic rings. The lowest BCUT2D eigenvalue weighted by Gasteiger charge is -2.16. The Kier molecular flexibility index (Phi) is 4.05. The number of nitrogens with one attached hydrogen (secondary N) is 1. The molecule has 0 bridgehead atoms. The Morgan fingerprint density at radius 2 is 2.11 bits per heavy atom. The van der Waals surface area contributed by atoms with Gasteiger partial charge >= 0.3 is 0 Å². The summed E-state index contributed by atoms with van der Waals surface area (Å²) in [5.74, 6) is -0.260. The number of hydrogen-bond acceptors (Lipinski definition) is 2. The predicted molar refractivity (Wildman–Crippen MR) is 70.9 cm³/mol. The molecule has 2 rings (SSSR count). The number of benzene rings is 1. The second-order valence-electron chi connectivity index (χ2n) is 4.40. The Morgan fingerprint density at radius 1 is 1.28 bits per heavy atom. The van der Waals surface area contributed by atoms with Crippen molar-refractivity contribution in [3.63, 3.8) is 0 Å². The molecule has 0 saturated heterocycles. The normalized spacial score (nSPS) is 12.4. The van der Waals surface area contributed by atoms with Gasteiger partial charge < -0.3 is 5.32 Å². The minimum atomic E-state index is -0.260. The molecule has 1 aromatic heterocycles. The van der Waals surface area contributed by atoms with Crippen LogP contribution in [0.15, 0.2) is 42.6 Å². The van der Waals surface area contributed by atoms with Crippen LogP contribution in [0, 0.1) is 12.7 Å². The third-order valence-corrected chi connectivity index (χ3v) is 2.99. The minimum absolute atomic E-state index is 0.104. The van der Waals surface area contributed by atoms with Gasteiger partial charge in [0.25, 0.3) is 0 Å². The minimum Gasteiger partial charge on any atom is -0.311 e. The van der Waals surface area contributed by atoms with Crippen molar-refractivity contribution >= 4 is 0 Å². The number of nitrogens with zero attached hydrogens (tertiary/aromatic N) is 1. The van der Waals surface area contributed by atoms with Crippen molar-refractivity contribution in [3.8, 4) is 0 Å². The molecule has 0 saturated carbocycles. The average Bonchev–Trinajstić information content (AvgIpc) is 2.37. The summed E-state index contributed by atoms with van der Waals surface area (Å²) in [4.78, 5) is 4.13. The third kappa shape index (κ3) is 2.93. The fraction of sp³-hybridized carbons (Fsp3) is 0.267. The van der Waals surface area contributed by atoms with Gasteiger partial charge in [0.2, 0.25) is 0 Å². The summed E-state index contributed by atoms with van der Waals surface area (Å²) in [5, 5.41) is 3.12. The molecule has 0 fully saturated rings. The van der Waals surface area contributed by atoms with Crippen LogP contribution in [0.1, 0.15) is 22.9 Å². The van der Waals surface area contributed by atoms with E-state index < -0.39 is 0 Å². The summed E-state index contributed by atoms with van der Waals surface area (Å²) < 4.78 is 13.7. The standard InChI is InChI=1S/C15H17FN2/c1-11-5-3-6-12(9-11)10-14(17-2)15-13(16)7-4-8-18-15/h3-9,14,17H,10H2,1-2H3. The molecule has 0 radical (unpaired) electrons. The smallest absolute Gasteiger partial charge is 0.146 e.